The van der Waals surface area contributed by atoms with Crippen molar-refractivity contribution in [3.8, 4) is 6.07 Å². The van der Waals surface area contributed by atoms with Gasteiger partial charge in [-0.05, 0) is 41.4 Å². The fourth-order valence-electron chi connectivity index (χ4n) is 1.21. The molecule has 1 aromatic rings. The molecule has 0 unspecified atom stereocenters. The highest BCUT2D eigenvalue weighted by atomic mass is 79.9. The molecule has 15 heavy (non-hydrogen) atoms. The number of carbonyl (C=O) groups excluding carboxylic acids is 1. The number of nitrogens with zero attached hydrogens (tertiary/aromatic N) is 1. The van der Waals surface area contributed by atoms with Crippen molar-refractivity contribution < 1.29 is 9.53 Å². The molecule has 0 amide bonds. The van der Waals surface area contributed by atoms with Gasteiger partial charge in [-0.15, -0.1) is 0 Å². The second kappa shape index (κ2) is 4.94. The van der Waals surface area contributed by atoms with Gasteiger partial charge in [-0.25, -0.2) is 4.79 Å². The van der Waals surface area contributed by atoms with Gasteiger partial charge in [0.15, 0.2) is 0 Å². The Labute approximate surface area is 96.8 Å². The van der Waals surface area contributed by atoms with Gasteiger partial charge >= 0.3 is 5.97 Å². The van der Waals surface area contributed by atoms with Gasteiger partial charge in [-0.2, -0.15) is 5.26 Å². The van der Waals surface area contributed by atoms with Crippen molar-refractivity contribution >= 4 is 21.9 Å². The summed E-state index contributed by atoms with van der Waals surface area (Å²) in [6.45, 7) is 3.87. The summed E-state index contributed by atoms with van der Waals surface area (Å²) < 4.78 is 5.41. The largest absolute Gasteiger partial charge is 0.462 e. The first-order valence-electron chi connectivity index (χ1n) is 4.48. The van der Waals surface area contributed by atoms with Gasteiger partial charge in [0.05, 0.1) is 22.2 Å². The highest BCUT2D eigenvalue weighted by molar-refractivity contribution is 9.10. The van der Waals surface area contributed by atoms with E-state index in [1.54, 1.807) is 26.0 Å². The van der Waals surface area contributed by atoms with Gasteiger partial charge in [-0.1, -0.05) is 6.07 Å². The minimum absolute atomic E-state index is 0.321. The van der Waals surface area contributed by atoms with Crippen molar-refractivity contribution in [3.63, 3.8) is 0 Å². The summed E-state index contributed by atoms with van der Waals surface area (Å²) in [6, 6.07) is 5.41. The first-order chi connectivity index (χ1) is 7.11. The molecule has 0 saturated carbocycles. The molecule has 4 heteroatoms. The summed E-state index contributed by atoms with van der Waals surface area (Å²) in [4.78, 5) is 11.6. The first-order valence-corrected chi connectivity index (χ1v) is 5.27. The summed E-state index contributed by atoms with van der Waals surface area (Å²) in [5.74, 6) is -0.404. The van der Waals surface area contributed by atoms with Crippen LogP contribution >= 0.6 is 15.9 Å². The zero-order valence-electron chi connectivity index (χ0n) is 8.50. The Bertz CT molecular complexity index is 435. The van der Waals surface area contributed by atoms with E-state index in [9.17, 15) is 4.79 Å². The van der Waals surface area contributed by atoms with Crippen LogP contribution in [0, 0.1) is 18.3 Å². The van der Waals surface area contributed by atoms with Crippen molar-refractivity contribution in [2.75, 3.05) is 6.61 Å². The predicted molar refractivity (Wildman–Crippen MR) is 59.6 cm³/mol. The molecule has 0 aromatic heterocycles. The lowest BCUT2D eigenvalue weighted by Gasteiger charge is -2.08. The Morgan fingerprint density at radius 2 is 2.27 bits per heavy atom. The standard InChI is InChI=1S/C11H10BrNO2/c1-3-15-11(14)9-7(2)4-5-8(6-13)10(9)12/h4-5H,3H2,1-2H3. The number of ether oxygens (including phenoxy) is 1. The van der Waals surface area contributed by atoms with E-state index >= 15 is 0 Å². The minimum Gasteiger partial charge on any atom is -0.462 e. The summed E-state index contributed by atoms with van der Waals surface area (Å²) in [7, 11) is 0. The molecular formula is C11H10BrNO2. The third-order valence-corrected chi connectivity index (χ3v) is 2.77. The molecule has 0 fully saturated rings. The van der Waals surface area contributed by atoms with E-state index in [0.717, 1.165) is 5.56 Å². The summed E-state index contributed by atoms with van der Waals surface area (Å²) >= 11 is 3.24. The van der Waals surface area contributed by atoms with Crippen molar-refractivity contribution in [2.45, 2.75) is 13.8 Å². The molecular weight excluding hydrogens is 258 g/mol. The molecule has 0 aliphatic rings. The number of hydrogen-bond acceptors (Lipinski definition) is 3. The summed E-state index contributed by atoms with van der Waals surface area (Å²) in [6.07, 6.45) is 0. The van der Waals surface area contributed by atoms with Crippen LogP contribution in [0.1, 0.15) is 28.4 Å². The van der Waals surface area contributed by atoms with Gasteiger partial charge in [-0.3, -0.25) is 0 Å². The van der Waals surface area contributed by atoms with E-state index in [1.165, 1.54) is 0 Å². The SMILES string of the molecule is CCOC(=O)c1c(C)ccc(C#N)c1Br. The predicted octanol–water partition coefficient (Wildman–Crippen LogP) is 2.81. The van der Waals surface area contributed by atoms with Gasteiger partial charge in [0.1, 0.15) is 6.07 Å². The Kier molecular flexibility index (Phi) is 3.87. The molecule has 0 bridgehead atoms. The number of halogens is 1. The smallest absolute Gasteiger partial charge is 0.339 e. The van der Waals surface area contributed by atoms with Crippen LogP contribution in [0.5, 0.6) is 0 Å². The monoisotopic (exact) mass is 267 g/mol. The third kappa shape index (κ3) is 2.37. The fourth-order valence-corrected chi connectivity index (χ4v) is 1.91. The first kappa shape index (κ1) is 11.7. The zero-order valence-corrected chi connectivity index (χ0v) is 10.1. The van der Waals surface area contributed by atoms with Crippen molar-refractivity contribution in [1.29, 1.82) is 5.26 Å². The van der Waals surface area contributed by atoms with Gasteiger partial charge in [0.25, 0.3) is 0 Å². The average molecular weight is 268 g/mol. The Morgan fingerprint density at radius 1 is 1.60 bits per heavy atom. The molecule has 0 heterocycles. The van der Waals surface area contributed by atoms with Crippen LogP contribution in [0.4, 0.5) is 0 Å². The molecule has 0 radical (unpaired) electrons. The molecule has 0 atom stereocenters. The molecule has 3 nitrogen and oxygen atoms in total. The van der Waals surface area contributed by atoms with Gasteiger partial charge < -0.3 is 4.74 Å². The van der Waals surface area contributed by atoms with Crippen molar-refractivity contribution in [3.05, 3.63) is 33.3 Å². The van der Waals surface area contributed by atoms with Gasteiger partial charge in [0.2, 0.25) is 0 Å². The third-order valence-electron chi connectivity index (χ3n) is 1.95. The van der Waals surface area contributed by atoms with E-state index < -0.39 is 5.97 Å². The lowest BCUT2D eigenvalue weighted by molar-refractivity contribution is 0.0524. The van der Waals surface area contributed by atoms with E-state index in [4.69, 9.17) is 10.00 Å². The average Bonchev–Trinajstić information content (AvgIpc) is 2.18. The number of hydrogen-bond donors (Lipinski definition) is 0. The lowest BCUT2D eigenvalue weighted by atomic mass is 10.1. The number of rotatable bonds is 2. The number of esters is 1. The van der Waals surface area contributed by atoms with Crippen LogP contribution in [0.25, 0.3) is 0 Å². The molecule has 0 spiro atoms. The molecule has 0 aliphatic carbocycles. The second-order valence-corrected chi connectivity index (χ2v) is 3.74. The number of carbonyl (C=O) groups is 1. The van der Waals surface area contributed by atoms with E-state index in [2.05, 4.69) is 15.9 Å². The van der Waals surface area contributed by atoms with Crippen LogP contribution < -0.4 is 0 Å². The number of nitriles is 1. The van der Waals surface area contributed by atoms with Crippen molar-refractivity contribution in [1.82, 2.24) is 0 Å². The Morgan fingerprint density at radius 3 is 2.80 bits per heavy atom. The van der Waals surface area contributed by atoms with Crippen LogP contribution in [-0.4, -0.2) is 12.6 Å². The quantitative estimate of drug-likeness (QED) is 0.775. The zero-order chi connectivity index (χ0) is 11.4. The Balaban J connectivity index is 3.28. The molecule has 0 N–H and O–H groups in total. The maximum Gasteiger partial charge on any atom is 0.339 e. The van der Waals surface area contributed by atoms with E-state index in [0.29, 0.717) is 22.2 Å². The van der Waals surface area contributed by atoms with Crippen LogP contribution in [0.15, 0.2) is 16.6 Å². The molecule has 78 valence electrons. The van der Waals surface area contributed by atoms with Crippen LogP contribution in [-0.2, 0) is 4.74 Å². The maximum absolute atomic E-state index is 11.6. The second-order valence-electron chi connectivity index (χ2n) is 2.95. The molecule has 0 saturated heterocycles. The van der Waals surface area contributed by atoms with E-state index in [-0.39, 0.29) is 0 Å². The minimum atomic E-state index is -0.404. The van der Waals surface area contributed by atoms with Crippen LogP contribution in [0.3, 0.4) is 0 Å². The molecule has 1 rings (SSSR count). The number of aryl methyl sites for hydroxylation is 1. The van der Waals surface area contributed by atoms with Gasteiger partial charge in [0, 0.05) is 0 Å². The normalized spacial score (nSPS) is 9.47. The summed E-state index contributed by atoms with van der Waals surface area (Å²) in [5, 5.41) is 8.81. The lowest BCUT2D eigenvalue weighted by Crippen LogP contribution is -2.08. The van der Waals surface area contributed by atoms with Crippen LogP contribution in [0.2, 0.25) is 0 Å². The van der Waals surface area contributed by atoms with Crippen molar-refractivity contribution in [2.24, 2.45) is 0 Å². The molecule has 1 aromatic carbocycles. The highest BCUT2D eigenvalue weighted by Crippen LogP contribution is 2.25. The summed E-state index contributed by atoms with van der Waals surface area (Å²) in [5.41, 5.74) is 1.65. The fraction of sp³-hybridized carbons (Fsp3) is 0.273. The molecule has 0 aliphatic heterocycles. The van der Waals surface area contributed by atoms with E-state index in [1.807, 2.05) is 6.07 Å². The Hall–Kier alpha value is -1.34. The topological polar surface area (TPSA) is 50.1 Å². The number of benzene rings is 1. The maximum atomic E-state index is 11.6. The highest BCUT2D eigenvalue weighted by Gasteiger charge is 2.16.